The Hall–Kier alpha value is -2.14. The molecule has 0 saturated heterocycles. The smallest absolute Gasteiger partial charge is 0.259 e. The van der Waals surface area contributed by atoms with E-state index in [0.29, 0.717) is 12.0 Å². The van der Waals surface area contributed by atoms with Gasteiger partial charge >= 0.3 is 0 Å². The molecule has 106 valence electrons. The molecule has 0 aliphatic carbocycles. The molecule has 1 aliphatic heterocycles. The molecule has 1 aliphatic rings. The van der Waals surface area contributed by atoms with E-state index >= 15 is 0 Å². The van der Waals surface area contributed by atoms with Crippen molar-refractivity contribution in [3.8, 4) is 0 Å². The quantitative estimate of drug-likeness (QED) is 0.909. The van der Waals surface area contributed by atoms with Crippen LogP contribution in [-0.2, 0) is 11.2 Å². The van der Waals surface area contributed by atoms with Gasteiger partial charge in [0.25, 0.3) is 5.91 Å². The number of fused-ring (bicyclic) bond motifs is 1. The molecular weight excluding hydrogens is 332 g/mol. The number of para-hydroxylation sites is 1. The van der Waals surface area contributed by atoms with Crippen LogP contribution in [0.3, 0.4) is 0 Å². The van der Waals surface area contributed by atoms with Crippen LogP contribution in [0.2, 0.25) is 0 Å². The van der Waals surface area contributed by atoms with Gasteiger partial charge in [-0.3, -0.25) is 14.5 Å². The van der Waals surface area contributed by atoms with Crippen LogP contribution < -0.4 is 10.6 Å². The number of halogens is 1. The number of benzene rings is 2. The molecular formula is C16H13BrN2O2. The second kappa shape index (κ2) is 5.33. The van der Waals surface area contributed by atoms with E-state index in [0.717, 1.165) is 15.7 Å². The molecule has 0 saturated carbocycles. The lowest BCUT2D eigenvalue weighted by molar-refractivity contribution is -0.119. The number of primary amides is 1. The summed E-state index contributed by atoms with van der Waals surface area (Å²) in [4.78, 5) is 26.0. The summed E-state index contributed by atoms with van der Waals surface area (Å²) in [6, 6.07) is 14.0. The Morgan fingerprint density at radius 2 is 1.90 bits per heavy atom. The monoisotopic (exact) mass is 344 g/mol. The van der Waals surface area contributed by atoms with Crippen molar-refractivity contribution in [3.05, 3.63) is 64.1 Å². The molecule has 1 heterocycles. The van der Waals surface area contributed by atoms with Gasteiger partial charge in [-0.05, 0) is 29.8 Å². The second-order valence-corrected chi connectivity index (χ2v) is 5.85. The third-order valence-electron chi connectivity index (χ3n) is 3.59. The van der Waals surface area contributed by atoms with Crippen LogP contribution in [0.4, 0.5) is 5.69 Å². The van der Waals surface area contributed by atoms with Crippen molar-refractivity contribution in [1.82, 2.24) is 0 Å². The van der Waals surface area contributed by atoms with Crippen LogP contribution in [0.5, 0.6) is 0 Å². The van der Waals surface area contributed by atoms with Gasteiger partial charge in [-0.15, -0.1) is 0 Å². The molecule has 3 rings (SSSR count). The van der Waals surface area contributed by atoms with Crippen molar-refractivity contribution < 1.29 is 9.59 Å². The number of rotatable bonds is 2. The van der Waals surface area contributed by atoms with Crippen molar-refractivity contribution in [2.45, 2.75) is 12.5 Å². The van der Waals surface area contributed by atoms with E-state index in [1.54, 1.807) is 18.2 Å². The highest BCUT2D eigenvalue weighted by atomic mass is 79.9. The van der Waals surface area contributed by atoms with Crippen molar-refractivity contribution in [2.75, 3.05) is 4.90 Å². The van der Waals surface area contributed by atoms with E-state index in [-0.39, 0.29) is 5.91 Å². The number of hydrogen-bond donors (Lipinski definition) is 1. The SMILES string of the molecule is NC(=O)[C@@H]1Cc2ccccc2N1C(=O)c1cccc(Br)c1. The first kappa shape index (κ1) is 13.8. The van der Waals surface area contributed by atoms with E-state index in [1.165, 1.54) is 4.90 Å². The van der Waals surface area contributed by atoms with Crippen molar-refractivity contribution in [3.63, 3.8) is 0 Å². The number of anilines is 1. The molecule has 0 spiro atoms. The van der Waals surface area contributed by atoms with E-state index in [1.807, 2.05) is 30.3 Å². The van der Waals surface area contributed by atoms with E-state index in [9.17, 15) is 9.59 Å². The Kier molecular flexibility index (Phi) is 3.51. The summed E-state index contributed by atoms with van der Waals surface area (Å²) in [6.07, 6.45) is 0.464. The molecule has 1 atom stereocenters. The Balaban J connectivity index is 2.05. The topological polar surface area (TPSA) is 63.4 Å². The maximum atomic E-state index is 12.8. The fourth-order valence-corrected chi connectivity index (χ4v) is 3.02. The minimum Gasteiger partial charge on any atom is -0.368 e. The van der Waals surface area contributed by atoms with Crippen LogP contribution in [0.25, 0.3) is 0 Å². The van der Waals surface area contributed by atoms with Gasteiger partial charge in [0.05, 0.1) is 0 Å². The zero-order valence-electron chi connectivity index (χ0n) is 11.1. The molecule has 2 amide bonds. The highest BCUT2D eigenvalue weighted by molar-refractivity contribution is 9.10. The zero-order chi connectivity index (χ0) is 15.0. The number of nitrogens with two attached hydrogens (primary N) is 1. The van der Waals surface area contributed by atoms with Gasteiger partial charge in [0, 0.05) is 22.1 Å². The molecule has 0 radical (unpaired) electrons. The Morgan fingerprint density at radius 3 is 2.62 bits per heavy atom. The minimum atomic E-state index is -0.631. The maximum absolute atomic E-state index is 12.8. The van der Waals surface area contributed by atoms with Crippen molar-refractivity contribution in [1.29, 1.82) is 0 Å². The van der Waals surface area contributed by atoms with E-state index in [2.05, 4.69) is 15.9 Å². The standard InChI is InChI=1S/C16H13BrN2O2/c17-12-6-3-5-11(8-12)16(21)19-13-7-2-1-4-10(13)9-14(19)15(18)20/h1-8,14H,9H2,(H2,18,20)/t14-/m0/s1. The Bertz CT molecular complexity index is 730. The molecule has 2 aromatic carbocycles. The maximum Gasteiger partial charge on any atom is 0.259 e. The average Bonchev–Trinajstić information content (AvgIpc) is 2.86. The number of carbonyl (C=O) groups is 2. The van der Waals surface area contributed by atoms with Gasteiger partial charge < -0.3 is 5.73 Å². The summed E-state index contributed by atoms with van der Waals surface area (Å²) in [7, 11) is 0. The van der Waals surface area contributed by atoms with Crippen molar-refractivity contribution in [2.24, 2.45) is 5.73 Å². The average molecular weight is 345 g/mol. The number of hydrogen-bond acceptors (Lipinski definition) is 2. The lowest BCUT2D eigenvalue weighted by atomic mass is 10.1. The van der Waals surface area contributed by atoms with Gasteiger partial charge in [0.2, 0.25) is 5.91 Å². The van der Waals surface area contributed by atoms with Crippen molar-refractivity contribution >= 4 is 33.4 Å². The zero-order valence-corrected chi connectivity index (χ0v) is 12.7. The summed E-state index contributed by atoms with van der Waals surface area (Å²) in [5.74, 6) is -0.709. The second-order valence-electron chi connectivity index (χ2n) is 4.94. The summed E-state index contributed by atoms with van der Waals surface area (Å²) in [5, 5.41) is 0. The lowest BCUT2D eigenvalue weighted by Gasteiger charge is -2.23. The van der Waals surface area contributed by atoms with Gasteiger partial charge in [-0.2, -0.15) is 0 Å². The number of nitrogens with zero attached hydrogens (tertiary/aromatic N) is 1. The van der Waals surface area contributed by atoms with E-state index < -0.39 is 11.9 Å². The minimum absolute atomic E-state index is 0.218. The van der Waals surface area contributed by atoms with Gasteiger partial charge in [0.1, 0.15) is 6.04 Å². The number of amides is 2. The van der Waals surface area contributed by atoms with Crippen LogP contribution in [0.15, 0.2) is 53.0 Å². The Morgan fingerprint density at radius 1 is 1.14 bits per heavy atom. The van der Waals surface area contributed by atoms with Gasteiger partial charge in [-0.25, -0.2) is 0 Å². The predicted molar refractivity (Wildman–Crippen MR) is 84.1 cm³/mol. The van der Waals surface area contributed by atoms with Crippen LogP contribution in [-0.4, -0.2) is 17.9 Å². The first-order valence-electron chi connectivity index (χ1n) is 6.54. The van der Waals surface area contributed by atoms with E-state index in [4.69, 9.17) is 5.73 Å². The van der Waals surface area contributed by atoms with Gasteiger partial charge in [-0.1, -0.05) is 40.2 Å². The largest absolute Gasteiger partial charge is 0.368 e. The fraction of sp³-hybridized carbons (Fsp3) is 0.125. The number of carbonyl (C=O) groups excluding carboxylic acids is 2. The normalized spacial score (nSPS) is 16.6. The third kappa shape index (κ3) is 2.45. The summed E-state index contributed by atoms with van der Waals surface area (Å²) < 4.78 is 0.816. The summed E-state index contributed by atoms with van der Waals surface area (Å²) >= 11 is 3.35. The molecule has 4 nitrogen and oxygen atoms in total. The van der Waals surface area contributed by atoms with Crippen LogP contribution in [0, 0.1) is 0 Å². The summed E-state index contributed by atoms with van der Waals surface area (Å²) in [5.41, 5.74) is 7.71. The molecule has 0 bridgehead atoms. The molecule has 0 unspecified atom stereocenters. The van der Waals surface area contributed by atoms with Crippen LogP contribution >= 0.6 is 15.9 Å². The molecule has 5 heteroatoms. The third-order valence-corrected chi connectivity index (χ3v) is 4.09. The first-order valence-corrected chi connectivity index (χ1v) is 7.33. The molecule has 2 aromatic rings. The fourth-order valence-electron chi connectivity index (χ4n) is 2.63. The molecule has 2 N–H and O–H groups in total. The molecule has 21 heavy (non-hydrogen) atoms. The first-order chi connectivity index (χ1) is 10.1. The predicted octanol–water partition coefficient (Wildman–Crippen LogP) is 2.51. The highest BCUT2D eigenvalue weighted by Crippen LogP contribution is 2.33. The highest BCUT2D eigenvalue weighted by Gasteiger charge is 2.37. The summed E-state index contributed by atoms with van der Waals surface area (Å²) in [6.45, 7) is 0. The van der Waals surface area contributed by atoms with Gasteiger partial charge in [0.15, 0.2) is 0 Å². The molecule has 0 fully saturated rings. The Labute approximate surface area is 130 Å². The molecule has 0 aromatic heterocycles. The lowest BCUT2D eigenvalue weighted by Crippen LogP contribution is -2.46. The van der Waals surface area contributed by atoms with Crippen LogP contribution in [0.1, 0.15) is 15.9 Å².